The summed E-state index contributed by atoms with van der Waals surface area (Å²) in [6.45, 7) is 0. The molecule has 0 bridgehead atoms. The van der Waals surface area contributed by atoms with Crippen LogP contribution in [0, 0.1) is 0 Å². The average Bonchev–Trinajstić information content (AvgIpc) is 2.66. The minimum absolute atomic E-state index is 0.00789. The number of hydrogen-bond donors (Lipinski definition) is 2. The highest BCUT2D eigenvalue weighted by atomic mass is 32.1. The Morgan fingerprint density at radius 3 is 2.30 bits per heavy atom. The monoisotopic (exact) mass is 291 g/mol. The number of nitrogens with one attached hydrogen (secondary N) is 1. The van der Waals surface area contributed by atoms with Crippen molar-refractivity contribution < 1.29 is 14.4 Å². The number of nitrogens with zero attached hydrogens (tertiary/aromatic N) is 1. The molecule has 0 aromatic heterocycles. The summed E-state index contributed by atoms with van der Waals surface area (Å²) >= 11 is 4.82. The van der Waals surface area contributed by atoms with Crippen LogP contribution in [-0.2, 0) is 9.59 Å². The fraction of sp³-hybridized carbons (Fsp3) is 0.231. The van der Waals surface area contributed by atoms with Gasteiger partial charge in [0.1, 0.15) is 11.0 Å². The molecule has 1 heterocycles. The topological polar surface area (TPSA) is 92.5 Å². The molecule has 0 aliphatic carbocycles. The molecular formula is C13H13N3O3S. The second kappa shape index (κ2) is 5.38. The average molecular weight is 291 g/mol. The molecular weight excluding hydrogens is 278 g/mol. The van der Waals surface area contributed by atoms with Crippen LogP contribution in [0.25, 0.3) is 0 Å². The molecule has 7 heteroatoms. The zero-order valence-corrected chi connectivity index (χ0v) is 11.6. The third-order valence-corrected chi connectivity index (χ3v) is 3.35. The van der Waals surface area contributed by atoms with Gasteiger partial charge in [-0.15, -0.1) is 0 Å². The molecule has 6 nitrogen and oxygen atoms in total. The summed E-state index contributed by atoms with van der Waals surface area (Å²) in [6, 6.07) is 5.59. The number of nitrogens with two attached hydrogens (primary N) is 1. The first-order valence-electron chi connectivity index (χ1n) is 5.91. The molecule has 0 saturated carbocycles. The van der Waals surface area contributed by atoms with Gasteiger partial charge in [-0.1, -0.05) is 24.4 Å². The summed E-state index contributed by atoms with van der Waals surface area (Å²) in [5.41, 5.74) is 6.49. The molecule has 3 amide bonds. The Morgan fingerprint density at radius 2 is 1.85 bits per heavy atom. The lowest BCUT2D eigenvalue weighted by Crippen LogP contribution is -2.40. The lowest BCUT2D eigenvalue weighted by atomic mass is 10.1. The lowest BCUT2D eigenvalue weighted by Gasteiger charge is -2.11. The van der Waals surface area contributed by atoms with Crippen LogP contribution in [0.3, 0.4) is 0 Å². The molecule has 1 unspecified atom stereocenters. The first kappa shape index (κ1) is 14.1. The van der Waals surface area contributed by atoms with Crippen LogP contribution in [0.4, 0.5) is 0 Å². The second-order valence-corrected chi connectivity index (χ2v) is 4.90. The fourth-order valence-corrected chi connectivity index (χ4v) is 2.03. The van der Waals surface area contributed by atoms with E-state index in [9.17, 15) is 14.4 Å². The molecule has 1 aromatic carbocycles. The number of benzene rings is 1. The van der Waals surface area contributed by atoms with E-state index in [4.69, 9.17) is 18.0 Å². The largest absolute Gasteiger partial charge is 0.389 e. The van der Waals surface area contributed by atoms with E-state index in [0.717, 1.165) is 4.90 Å². The summed E-state index contributed by atoms with van der Waals surface area (Å²) in [7, 11) is 1.40. The maximum atomic E-state index is 12.0. The van der Waals surface area contributed by atoms with Gasteiger partial charge >= 0.3 is 0 Å². The number of likely N-dealkylation sites (N-methyl/N-ethyl adjacent to an activating group) is 1. The predicted molar refractivity (Wildman–Crippen MR) is 76.0 cm³/mol. The van der Waals surface area contributed by atoms with Crippen molar-refractivity contribution in [3.05, 3.63) is 35.4 Å². The quantitative estimate of drug-likeness (QED) is 0.595. The van der Waals surface area contributed by atoms with E-state index in [1.807, 2.05) is 0 Å². The van der Waals surface area contributed by atoms with E-state index in [1.54, 1.807) is 24.3 Å². The standard InChI is InChI=1S/C13H13N3O3S/c1-16-10(17)6-9(13(16)19)15-12(18)8-4-2-7(3-5-8)11(14)20/h2-5,9H,6H2,1H3,(H2,14,20)(H,15,18). The van der Waals surface area contributed by atoms with Crippen LogP contribution in [-0.4, -0.2) is 40.7 Å². The van der Waals surface area contributed by atoms with Crippen molar-refractivity contribution in [1.82, 2.24) is 10.2 Å². The normalized spacial score (nSPS) is 18.2. The first-order valence-corrected chi connectivity index (χ1v) is 6.32. The molecule has 1 aromatic rings. The van der Waals surface area contributed by atoms with Crippen molar-refractivity contribution in [2.24, 2.45) is 5.73 Å². The summed E-state index contributed by atoms with van der Waals surface area (Å²) in [5, 5.41) is 2.54. The fourth-order valence-electron chi connectivity index (χ4n) is 1.90. The number of hydrogen-bond acceptors (Lipinski definition) is 4. The maximum Gasteiger partial charge on any atom is 0.252 e. The summed E-state index contributed by atoms with van der Waals surface area (Å²) in [4.78, 5) is 36.3. The van der Waals surface area contributed by atoms with E-state index < -0.39 is 17.9 Å². The number of carbonyl (C=O) groups excluding carboxylic acids is 3. The van der Waals surface area contributed by atoms with E-state index in [1.165, 1.54) is 7.05 Å². The highest BCUT2D eigenvalue weighted by Crippen LogP contribution is 2.12. The van der Waals surface area contributed by atoms with Gasteiger partial charge in [0.25, 0.3) is 11.8 Å². The number of likely N-dealkylation sites (tertiary alicyclic amines) is 1. The van der Waals surface area contributed by atoms with Crippen LogP contribution in [0.2, 0.25) is 0 Å². The zero-order valence-electron chi connectivity index (χ0n) is 10.8. The Hall–Kier alpha value is -2.28. The van der Waals surface area contributed by atoms with E-state index in [2.05, 4.69) is 5.32 Å². The lowest BCUT2D eigenvalue weighted by molar-refractivity contribution is -0.137. The van der Waals surface area contributed by atoms with Crippen LogP contribution in [0.5, 0.6) is 0 Å². The molecule has 0 spiro atoms. The molecule has 20 heavy (non-hydrogen) atoms. The van der Waals surface area contributed by atoms with Crippen molar-refractivity contribution >= 4 is 34.9 Å². The van der Waals surface area contributed by atoms with Gasteiger partial charge in [-0.3, -0.25) is 19.3 Å². The Labute approximate surface area is 120 Å². The molecule has 1 saturated heterocycles. The number of rotatable bonds is 3. The van der Waals surface area contributed by atoms with Gasteiger partial charge in [0.15, 0.2) is 0 Å². The van der Waals surface area contributed by atoms with E-state index in [0.29, 0.717) is 11.1 Å². The van der Waals surface area contributed by atoms with Gasteiger partial charge in [0, 0.05) is 18.2 Å². The molecule has 104 valence electrons. The van der Waals surface area contributed by atoms with Gasteiger partial charge in [-0.05, 0) is 12.1 Å². The first-order chi connectivity index (χ1) is 9.40. The third-order valence-electron chi connectivity index (χ3n) is 3.12. The van der Waals surface area contributed by atoms with Crippen LogP contribution < -0.4 is 11.1 Å². The Bertz CT molecular complexity index is 597. The van der Waals surface area contributed by atoms with Crippen LogP contribution in [0.15, 0.2) is 24.3 Å². The van der Waals surface area contributed by atoms with Crippen molar-refractivity contribution in [2.75, 3.05) is 7.05 Å². The van der Waals surface area contributed by atoms with Gasteiger partial charge in [-0.25, -0.2) is 0 Å². The van der Waals surface area contributed by atoms with Gasteiger partial charge in [0.2, 0.25) is 5.91 Å². The maximum absolute atomic E-state index is 12.0. The zero-order chi connectivity index (χ0) is 14.9. The molecule has 2 rings (SSSR count). The van der Waals surface area contributed by atoms with Crippen LogP contribution >= 0.6 is 12.2 Å². The minimum atomic E-state index is -0.796. The Balaban J connectivity index is 2.07. The third kappa shape index (κ3) is 2.67. The van der Waals surface area contributed by atoms with Crippen molar-refractivity contribution in [1.29, 1.82) is 0 Å². The van der Waals surface area contributed by atoms with Crippen molar-refractivity contribution in [3.8, 4) is 0 Å². The van der Waals surface area contributed by atoms with E-state index >= 15 is 0 Å². The minimum Gasteiger partial charge on any atom is -0.389 e. The molecule has 0 radical (unpaired) electrons. The molecule has 1 fully saturated rings. The molecule has 1 aliphatic heterocycles. The van der Waals surface area contributed by atoms with Gasteiger partial charge in [-0.2, -0.15) is 0 Å². The number of amides is 3. The summed E-state index contributed by atoms with van der Waals surface area (Å²) in [6.07, 6.45) is -0.00789. The Morgan fingerprint density at radius 1 is 1.30 bits per heavy atom. The predicted octanol–water partition coefficient (Wildman–Crippen LogP) is -0.192. The molecule has 1 aliphatic rings. The second-order valence-electron chi connectivity index (χ2n) is 4.46. The number of imide groups is 1. The smallest absolute Gasteiger partial charge is 0.252 e. The number of thiocarbonyl (C=S) groups is 1. The Kier molecular flexibility index (Phi) is 3.80. The highest BCUT2D eigenvalue weighted by molar-refractivity contribution is 7.80. The van der Waals surface area contributed by atoms with Crippen molar-refractivity contribution in [3.63, 3.8) is 0 Å². The SMILES string of the molecule is CN1C(=O)CC(NC(=O)c2ccc(C(N)=S)cc2)C1=O. The number of carbonyl (C=O) groups is 3. The molecule has 3 N–H and O–H groups in total. The summed E-state index contributed by atoms with van der Waals surface area (Å²) in [5.74, 6) is -1.12. The molecule has 1 atom stereocenters. The van der Waals surface area contributed by atoms with Crippen molar-refractivity contribution in [2.45, 2.75) is 12.5 Å². The van der Waals surface area contributed by atoms with Gasteiger partial charge < -0.3 is 11.1 Å². The van der Waals surface area contributed by atoms with Crippen LogP contribution in [0.1, 0.15) is 22.3 Å². The van der Waals surface area contributed by atoms with E-state index in [-0.39, 0.29) is 17.3 Å². The summed E-state index contributed by atoms with van der Waals surface area (Å²) < 4.78 is 0. The highest BCUT2D eigenvalue weighted by Gasteiger charge is 2.36. The van der Waals surface area contributed by atoms with Gasteiger partial charge in [0.05, 0.1) is 6.42 Å².